The Labute approximate surface area is 238 Å². The topological polar surface area (TPSA) is 70.7 Å². The van der Waals surface area contributed by atoms with Crippen LogP contribution in [0.25, 0.3) is 17.8 Å². The molecule has 1 atom stereocenters. The number of methoxy groups -OCH3 is 1. The van der Waals surface area contributed by atoms with Crippen LogP contribution >= 0.6 is 0 Å². The molecular formula is C31H35F3N6O. The van der Waals surface area contributed by atoms with Gasteiger partial charge in [0, 0.05) is 25.1 Å². The number of hydrogen-bond donors (Lipinski definition) is 0. The van der Waals surface area contributed by atoms with Crippen molar-refractivity contribution in [3.8, 4) is 11.6 Å². The van der Waals surface area contributed by atoms with Crippen LogP contribution in [0.4, 0.5) is 13.2 Å². The van der Waals surface area contributed by atoms with E-state index < -0.39 is 17.7 Å². The Morgan fingerprint density at radius 3 is 2.56 bits per heavy atom. The maximum atomic E-state index is 13.7. The summed E-state index contributed by atoms with van der Waals surface area (Å²) in [5, 5.41) is 4.57. The zero-order valence-corrected chi connectivity index (χ0v) is 23.8. The number of alkyl halides is 3. The van der Waals surface area contributed by atoms with E-state index in [1.54, 1.807) is 36.1 Å². The highest BCUT2D eigenvalue weighted by atomic mass is 19.4. The Hall–Kier alpha value is -3.95. The smallest absolute Gasteiger partial charge is 0.416 e. The van der Waals surface area contributed by atoms with Gasteiger partial charge in [0.05, 0.1) is 24.1 Å². The molecular weight excluding hydrogens is 529 g/mol. The molecule has 7 nitrogen and oxygen atoms in total. The van der Waals surface area contributed by atoms with Gasteiger partial charge in [0.15, 0.2) is 5.82 Å². The fourth-order valence-corrected chi connectivity index (χ4v) is 5.56. The summed E-state index contributed by atoms with van der Waals surface area (Å²) < 4.78 is 50.6. The summed E-state index contributed by atoms with van der Waals surface area (Å²) >= 11 is 0. The lowest BCUT2D eigenvalue weighted by Gasteiger charge is -2.25. The number of fused-ring (bicyclic) bond motifs is 1. The largest absolute Gasteiger partial charge is 0.479 e. The predicted molar refractivity (Wildman–Crippen MR) is 152 cm³/mol. The van der Waals surface area contributed by atoms with E-state index in [2.05, 4.69) is 28.5 Å². The van der Waals surface area contributed by atoms with E-state index in [1.807, 2.05) is 25.3 Å². The third kappa shape index (κ3) is 6.06. The van der Waals surface area contributed by atoms with Crippen molar-refractivity contribution in [3.05, 3.63) is 82.6 Å². The zero-order valence-electron chi connectivity index (χ0n) is 23.8. The summed E-state index contributed by atoms with van der Waals surface area (Å²) in [4.78, 5) is 14.1. The SMILES string of the molecule is CCC(CC)Cc1nc(C)cn1-c1ccc(/C=C/c2nc3n(n2)CCC[C@H]3c2ccccc2C(F)(F)F)nc1OC. The standard InChI is InChI=1S/C31H35F3N6O/c1-5-21(6-2)18-28-35-20(3)19-39(28)26-15-13-22(36-30(26)41-4)14-16-27-37-29-24(11-9-17-40(29)38-27)23-10-7-8-12-25(23)31(32,33)34/h7-8,10,12-16,19,21,24H,5-6,9,11,17-18H2,1-4H3/b16-14+/t24-/m0/s1. The lowest BCUT2D eigenvalue weighted by Crippen LogP contribution is -2.21. The third-order valence-corrected chi connectivity index (χ3v) is 7.78. The van der Waals surface area contributed by atoms with Crippen LogP contribution in [0.2, 0.25) is 0 Å². The fraction of sp³-hybridized carbons (Fsp3) is 0.419. The van der Waals surface area contributed by atoms with Crippen molar-refractivity contribution >= 4 is 12.2 Å². The molecule has 0 saturated carbocycles. The van der Waals surface area contributed by atoms with Gasteiger partial charge in [-0.2, -0.15) is 18.3 Å². The minimum Gasteiger partial charge on any atom is -0.479 e. The third-order valence-electron chi connectivity index (χ3n) is 7.78. The first kappa shape index (κ1) is 28.6. The second-order valence-corrected chi connectivity index (χ2v) is 10.5. The molecule has 0 saturated heterocycles. The number of imidazole rings is 1. The van der Waals surface area contributed by atoms with Crippen LogP contribution in [-0.2, 0) is 19.1 Å². The van der Waals surface area contributed by atoms with Crippen LogP contribution in [0.15, 0.2) is 42.6 Å². The van der Waals surface area contributed by atoms with Gasteiger partial charge in [-0.3, -0.25) is 4.57 Å². The van der Waals surface area contributed by atoms with Crippen molar-refractivity contribution in [1.29, 1.82) is 0 Å². The predicted octanol–water partition coefficient (Wildman–Crippen LogP) is 7.27. The Kier molecular flexibility index (Phi) is 8.28. The summed E-state index contributed by atoms with van der Waals surface area (Å²) in [6.07, 6.45) is 5.45. The van der Waals surface area contributed by atoms with E-state index in [4.69, 9.17) is 14.7 Å². The Bertz CT molecular complexity index is 1530. The van der Waals surface area contributed by atoms with Gasteiger partial charge in [0.2, 0.25) is 5.88 Å². The molecule has 5 rings (SSSR count). The van der Waals surface area contributed by atoms with E-state index in [0.29, 0.717) is 42.1 Å². The van der Waals surface area contributed by atoms with Crippen LogP contribution in [0.1, 0.15) is 85.4 Å². The number of nitrogens with zero attached hydrogens (tertiary/aromatic N) is 6. The Morgan fingerprint density at radius 2 is 1.83 bits per heavy atom. The average Bonchev–Trinajstić information content (AvgIpc) is 3.56. The molecule has 0 spiro atoms. The van der Waals surface area contributed by atoms with Gasteiger partial charge < -0.3 is 4.74 Å². The summed E-state index contributed by atoms with van der Waals surface area (Å²) in [5.74, 6) is 2.51. The van der Waals surface area contributed by atoms with Crippen molar-refractivity contribution in [2.75, 3.05) is 7.11 Å². The van der Waals surface area contributed by atoms with Crippen molar-refractivity contribution in [2.24, 2.45) is 5.92 Å². The summed E-state index contributed by atoms with van der Waals surface area (Å²) in [5.41, 5.74) is 2.02. The fourth-order valence-electron chi connectivity index (χ4n) is 5.56. The molecule has 1 aromatic carbocycles. The molecule has 0 bridgehead atoms. The Balaban J connectivity index is 1.41. The lowest BCUT2D eigenvalue weighted by atomic mass is 9.88. The van der Waals surface area contributed by atoms with Crippen molar-refractivity contribution < 1.29 is 17.9 Å². The molecule has 0 fully saturated rings. The first-order valence-electron chi connectivity index (χ1n) is 14.1. The molecule has 41 heavy (non-hydrogen) atoms. The highest BCUT2D eigenvalue weighted by molar-refractivity contribution is 5.66. The summed E-state index contributed by atoms with van der Waals surface area (Å²) in [6.45, 7) is 6.99. The van der Waals surface area contributed by atoms with Crippen molar-refractivity contribution in [3.63, 3.8) is 0 Å². The number of aromatic nitrogens is 6. The molecule has 0 amide bonds. The molecule has 1 aliphatic rings. The van der Waals surface area contributed by atoms with Gasteiger partial charge in [0.25, 0.3) is 0 Å². The van der Waals surface area contributed by atoms with Crippen LogP contribution in [0, 0.1) is 12.8 Å². The molecule has 4 aromatic rings. The van der Waals surface area contributed by atoms with Gasteiger partial charge >= 0.3 is 6.18 Å². The van der Waals surface area contributed by atoms with E-state index in [1.165, 1.54) is 6.07 Å². The molecule has 0 aliphatic carbocycles. The first-order chi connectivity index (χ1) is 19.7. The number of hydrogen-bond acceptors (Lipinski definition) is 5. The number of ether oxygens (including phenoxy) is 1. The minimum absolute atomic E-state index is 0.240. The van der Waals surface area contributed by atoms with Crippen LogP contribution in [0.5, 0.6) is 5.88 Å². The molecule has 0 radical (unpaired) electrons. The minimum atomic E-state index is -4.43. The number of aryl methyl sites for hydroxylation is 2. The van der Waals surface area contributed by atoms with E-state index >= 15 is 0 Å². The van der Waals surface area contributed by atoms with Crippen molar-refractivity contribution in [1.82, 2.24) is 29.3 Å². The quantitative estimate of drug-likeness (QED) is 0.214. The van der Waals surface area contributed by atoms with Crippen LogP contribution < -0.4 is 4.74 Å². The summed E-state index contributed by atoms with van der Waals surface area (Å²) in [6, 6.07) is 9.59. The van der Waals surface area contributed by atoms with Crippen molar-refractivity contribution in [2.45, 2.75) is 71.5 Å². The molecule has 1 aliphatic heterocycles. The normalized spacial score (nSPS) is 15.6. The molecule has 3 aromatic heterocycles. The molecule has 4 heterocycles. The van der Waals surface area contributed by atoms with E-state index in [-0.39, 0.29) is 5.56 Å². The van der Waals surface area contributed by atoms with Crippen LogP contribution in [0.3, 0.4) is 0 Å². The zero-order chi connectivity index (χ0) is 29.1. The van der Waals surface area contributed by atoms with Gasteiger partial charge in [-0.25, -0.2) is 19.6 Å². The number of rotatable bonds is 9. The maximum Gasteiger partial charge on any atom is 0.416 e. The van der Waals surface area contributed by atoms with E-state index in [0.717, 1.165) is 49.0 Å². The lowest BCUT2D eigenvalue weighted by molar-refractivity contribution is -0.138. The first-order valence-corrected chi connectivity index (χ1v) is 14.1. The maximum absolute atomic E-state index is 13.7. The number of pyridine rings is 1. The number of halogens is 3. The van der Waals surface area contributed by atoms with E-state index in [9.17, 15) is 13.2 Å². The average molecular weight is 565 g/mol. The Morgan fingerprint density at radius 1 is 1.05 bits per heavy atom. The van der Waals surface area contributed by atoms with Gasteiger partial charge in [-0.05, 0) is 61.6 Å². The number of benzene rings is 1. The summed E-state index contributed by atoms with van der Waals surface area (Å²) in [7, 11) is 1.59. The molecule has 0 unspecified atom stereocenters. The van der Waals surface area contributed by atoms with Gasteiger partial charge in [-0.15, -0.1) is 0 Å². The van der Waals surface area contributed by atoms with Gasteiger partial charge in [-0.1, -0.05) is 44.9 Å². The highest BCUT2D eigenvalue weighted by Crippen LogP contribution is 2.40. The molecule has 10 heteroatoms. The second-order valence-electron chi connectivity index (χ2n) is 10.5. The van der Waals surface area contributed by atoms with Gasteiger partial charge in [0.1, 0.15) is 17.3 Å². The second kappa shape index (κ2) is 11.9. The molecule has 216 valence electrons. The molecule has 0 N–H and O–H groups in total. The monoisotopic (exact) mass is 564 g/mol. The van der Waals surface area contributed by atoms with Crippen LogP contribution in [-0.4, -0.2) is 36.4 Å². The highest BCUT2D eigenvalue weighted by Gasteiger charge is 2.37.